The van der Waals surface area contributed by atoms with Gasteiger partial charge in [-0.25, -0.2) is 0 Å². The Labute approximate surface area is 101 Å². The second-order valence-electron chi connectivity index (χ2n) is 3.43. The molecule has 0 spiro atoms. The first-order chi connectivity index (χ1) is 6.74. The van der Waals surface area contributed by atoms with E-state index in [1.807, 2.05) is 13.2 Å². The summed E-state index contributed by atoms with van der Waals surface area (Å²) in [7, 11) is 0. The maximum atomic E-state index is 11.6. The molecule has 1 heterocycles. The second kappa shape index (κ2) is 8.21. The molecule has 2 N–H and O–H groups in total. The Morgan fingerprint density at radius 2 is 2.47 bits per heavy atom. The van der Waals surface area contributed by atoms with Gasteiger partial charge < -0.3 is 15.4 Å². The summed E-state index contributed by atoms with van der Waals surface area (Å²) >= 11 is 1.73. The molecule has 1 aliphatic rings. The summed E-state index contributed by atoms with van der Waals surface area (Å²) in [5.74, 6) is 0.935. The molecule has 0 aromatic carbocycles. The minimum absolute atomic E-state index is 0. The van der Waals surface area contributed by atoms with Gasteiger partial charge in [-0.1, -0.05) is 0 Å². The summed E-state index contributed by atoms with van der Waals surface area (Å²) < 4.78 is 5.34. The van der Waals surface area contributed by atoms with Gasteiger partial charge in [0.1, 0.15) is 6.10 Å². The van der Waals surface area contributed by atoms with Crippen molar-refractivity contribution in [2.45, 2.75) is 19.1 Å². The predicted molar refractivity (Wildman–Crippen MR) is 65.8 cm³/mol. The van der Waals surface area contributed by atoms with Crippen molar-refractivity contribution in [2.24, 2.45) is 0 Å². The van der Waals surface area contributed by atoms with Gasteiger partial charge >= 0.3 is 0 Å². The van der Waals surface area contributed by atoms with Crippen molar-refractivity contribution >= 4 is 30.1 Å². The molecular formula is C9H19ClN2O2S. The third kappa shape index (κ3) is 5.61. The molecule has 6 heteroatoms. The van der Waals surface area contributed by atoms with Crippen LogP contribution >= 0.6 is 24.2 Å². The van der Waals surface area contributed by atoms with E-state index >= 15 is 0 Å². The molecule has 0 bridgehead atoms. The molecule has 15 heavy (non-hydrogen) atoms. The average Bonchev–Trinajstić information content (AvgIpc) is 2.19. The van der Waals surface area contributed by atoms with Crippen LogP contribution in [0.5, 0.6) is 0 Å². The predicted octanol–water partition coefficient (Wildman–Crippen LogP) is 0.264. The first-order valence-electron chi connectivity index (χ1n) is 4.85. The fraction of sp³-hybridized carbons (Fsp3) is 0.889. The number of carbonyl (C=O) groups is 1. The van der Waals surface area contributed by atoms with E-state index in [-0.39, 0.29) is 30.5 Å². The standard InChI is InChI=1S/C9H18N2O2S.ClH/c1-7(6-14-2)11-9(12)8-5-10-3-4-13-8;/h7-8,10H,3-6H2,1-2H3,(H,11,12);1H/t7?,8-;/m1./s1. The summed E-state index contributed by atoms with van der Waals surface area (Å²) in [5, 5.41) is 6.06. The van der Waals surface area contributed by atoms with E-state index in [1.165, 1.54) is 0 Å². The Hall–Kier alpha value is 0.0300. The third-order valence-corrected chi connectivity index (χ3v) is 2.86. The van der Waals surface area contributed by atoms with Gasteiger partial charge in [0.15, 0.2) is 0 Å². The van der Waals surface area contributed by atoms with E-state index in [0.29, 0.717) is 13.2 Å². The van der Waals surface area contributed by atoms with Crippen LogP contribution in [0, 0.1) is 0 Å². The van der Waals surface area contributed by atoms with Crippen LogP contribution in [-0.4, -0.2) is 49.8 Å². The lowest BCUT2D eigenvalue weighted by Gasteiger charge is -2.24. The van der Waals surface area contributed by atoms with Crippen molar-refractivity contribution in [1.29, 1.82) is 0 Å². The fourth-order valence-corrected chi connectivity index (χ4v) is 1.94. The lowest BCUT2D eigenvalue weighted by atomic mass is 10.2. The van der Waals surface area contributed by atoms with Crippen LogP contribution in [0.4, 0.5) is 0 Å². The fourth-order valence-electron chi connectivity index (χ4n) is 1.36. The zero-order valence-electron chi connectivity index (χ0n) is 9.12. The molecule has 0 aliphatic carbocycles. The Kier molecular flexibility index (Phi) is 8.23. The van der Waals surface area contributed by atoms with Gasteiger partial charge in [-0.15, -0.1) is 12.4 Å². The molecule has 0 radical (unpaired) electrons. The van der Waals surface area contributed by atoms with Gasteiger partial charge in [0.2, 0.25) is 0 Å². The molecule has 1 rings (SSSR count). The van der Waals surface area contributed by atoms with Crippen LogP contribution in [0.3, 0.4) is 0 Å². The second-order valence-corrected chi connectivity index (χ2v) is 4.34. The zero-order valence-corrected chi connectivity index (χ0v) is 10.7. The van der Waals surface area contributed by atoms with Crippen LogP contribution in [0.25, 0.3) is 0 Å². The highest BCUT2D eigenvalue weighted by Crippen LogP contribution is 2.00. The Bertz CT molecular complexity index is 189. The number of carbonyl (C=O) groups excluding carboxylic acids is 1. The zero-order chi connectivity index (χ0) is 10.4. The lowest BCUT2D eigenvalue weighted by Crippen LogP contribution is -2.50. The molecule has 1 saturated heterocycles. The first kappa shape index (κ1) is 15.0. The number of rotatable bonds is 4. The smallest absolute Gasteiger partial charge is 0.250 e. The molecular weight excluding hydrogens is 236 g/mol. The SMILES string of the molecule is CSCC(C)NC(=O)[C@H]1CNCCO1.Cl. The highest BCUT2D eigenvalue weighted by Gasteiger charge is 2.22. The lowest BCUT2D eigenvalue weighted by molar-refractivity contribution is -0.134. The summed E-state index contributed by atoms with van der Waals surface area (Å²) in [6.07, 6.45) is 1.72. The molecule has 1 aliphatic heterocycles. The number of ether oxygens (including phenoxy) is 1. The molecule has 90 valence electrons. The van der Waals surface area contributed by atoms with E-state index in [9.17, 15) is 4.79 Å². The van der Waals surface area contributed by atoms with Crippen LogP contribution in [0.2, 0.25) is 0 Å². The van der Waals surface area contributed by atoms with E-state index in [4.69, 9.17) is 4.74 Å². The molecule has 0 aromatic rings. The van der Waals surface area contributed by atoms with Gasteiger partial charge in [0, 0.05) is 24.9 Å². The molecule has 4 nitrogen and oxygen atoms in total. The van der Waals surface area contributed by atoms with Crippen LogP contribution in [-0.2, 0) is 9.53 Å². The first-order valence-corrected chi connectivity index (χ1v) is 6.25. The Balaban J connectivity index is 0.00000196. The van der Waals surface area contributed by atoms with E-state index < -0.39 is 0 Å². The van der Waals surface area contributed by atoms with Gasteiger partial charge in [-0.05, 0) is 13.2 Å². The maximum Gasteiger partial charge on any atom is 0.250 e. The third-order valence-electron chi connectivity index (χ3n) is 2.03. The van der Waals surface area contributed by atoms with Gasteiger partial charge in [-0.3, -0.25) is 4.79 Å². The number of halogens is 1. The minimum atomic E-state index is -0.312. The van der Waals surface area contributed by atoms with Crippen molar-refractivity contribution in [3.8, 4) is 0 Å². The Morgan fingerprint density at radius 3 is 3.00 bits per heavy atom. The quantitative estimate of drug-likeness (QED) is 0.756. The number of hydrogen-bond donors (Lipinski definition) is 2. The topological polar surface area (TPSA) is 50.4 Å². The molecule has 1 unspecified atom stereocenters. The molecule has 1 amide bonds. The highest BCUT2D eigenvalue weighted by atomic mass is 35.5. The van der Waals surface area contributed by atoms with Crippen molar-refractivity contribution < 1.29 is 9.53 Å². The number of morpholine rings is 1. The molecule has 0 saturated carbocycles. The van der Waals surface area contributed by atoms with Crippen LogP contribution in [0.15, 0.2) is 0 Å². The van der Waals surface area contributed by atoms with E-state index in [0.717, 1.165) is 12.3 Å². The molecule has 0 aromatic heterocycles. The number of thioether (sulfide) groups is 1. The number of amides is 1. The van der Waals surface area contributed by atoms with Crippen LogP contribution in [0.1, 0.15) is 6.92 Å². The Morgan fingerprint density at radius 1 is 1.73 bits per heavy atom. The summed E-state index contributed by atoms with van der Waals surface area (Å²) in [4.78, 5) is 11.6. The largest absolute Gasteiger partial charge is 0.366 e. The summed E-state index contributed by atoms with van der Waals surface area (Å²) in [5.41, 5.74) is 0. The summed E-state index contributed by atoms with van der Waals surface area (Å²) in [6, 6.07) is 0.211. The van der Waals surface area contributed by atoms with E-state index in [1.54, 1.807) is 11.8 Å². The molecule has 1 fully saturated rings. The van der Waals surface area contributed by atoms with Gasteiger partial charge in [-0.2, -0.15) is 11.8 Å². The average molecular weight is 255 g/mol. The molecule has 2 atom stereocenters. The summed E-state index contributed by atoms with van der Waals surface area (Å²) in [6.45, 7) is 4.08. The van der Waals surface area contributed by atoms with Gasteiger partial charge in [0.05, 0.1) is 6.61 Å². The monoisotopic (exact) mass is 254 g/mol. The van der Waals surface area contributed by atoms with Crippen molar-refractivity contribution in [3.05, 3.63) is 0 Å². The van der Waals surface area contributed by atoms with E-state index in [2.05, 4.69) is 10.6 Å². The van der Waals surface area contributed by atoms with Crippen molar-refractivity contribution in [3.63, 3.8) is 0 Å². The maximum absolute atomic E-state index is 11.6. The van der Waals surface area contributed by atoms with Crippen LogP contribution < -0.4 is 10.6 Å². The minimum Gasteiger partial charge on any atom is -0.366 e. The number of hydrogen-bond acceptors (Lipinski definition) is 4. The van der Waals surface area contributed by atoms with Crippen molar-refractivity contribution in [1.82, 2.24) is 10.6 Å². The van der Waals surface area contributed by atoms with Gasteiger partial charge in [0.25, 0.3) is 5.91 Å². The number of nitrogens with one attached hydrogen (secondary N) is 2. The van der Waals surface area contributed by atoms with Crippen molar-refractivity contribution in [2.75, 3.05) is 31.7 Å². The normalized spacial score (nSPS) is 22.7. The highest BCUT2D eigenvalue weighted by molar-refractivity contribution is 7.98.